The van der Waals surface area contributed by atoms with Crippen LogP contribution in [0.5, 0.6) is 0 Å². The summed E-state index contributed by atoms with van der Waals surface area (Å²) in [5.41, 5.74) is 0.517. The molecule has 1 rings (SSSR count). The van der Waals surface area contributed by atoms with E-state index in [1.54, 1.807) is 24.6 Å². The number of ether oxygens (including phenoxy) is 1. The van der Waals surface area contributed by atoms with Crippen LogP contribution in [-0.2, 0) is 18.3 Å². The summed E-state index contributed by atoms with van der Waals surface area (Å²) >= 11 is 0. The van der Waals surface area contributed by atoms with Crippen LogP contribution >= 0.6 is 7.60 Å². The molecule has 0 aromatic heterocycles. The molecular formula is C16H30NO5P. The summed E-state index contributed by atoms with van der Waals surface area (Å²) in [5.74, 6) is 1.64. The van der Waals surface area contributed by atoms with Crippen LogP contribution in [-0.4, -0.2) is 42.9 Å². The first-order valence-corrected chi connectivity index (χ1v) is 9.87. The monoisotopic (exact) mass is 347 g/mol. The Kier molecular flexibility index (Phi) is 7.78. The molecule has 0 aromatic carbocycles. The maximum absolute atomic E-state index is 12.6. The van der Waals surface area contributed by atoms with E-state index in [4.69, 9.17) is 13.8 Å². The topological polar surface area (TPSA) is 65.1 Å². The van der Waals surface area contributed by atoms with Crippen molar-refractivity contribution in [2.24, 2.45) is 0 Å². The molecule has 23 heavy (non-hydrogen) atoms. The highest BCUT2D eigenvalue weighted by atomic mass is 31.2. The predicted molar refractivity (Wildman–Crippen MR) is 90.6 cm³/mol. The predicted octanol–water partition coefficient (Wildman–Crippen LogP) is 4.56. The molecule has 0 unspecified atom stereocenters. The van der Waals surface area contributed by atoms with Crippen LogP contribution in [0.15, 0.2) is 11.4 Å². The Hall–Kier alpha value is -0.840. The van der Waals surface area contributed by atoms with Crippen molar-refractivity contribution in [3.05, 3.63) is 11.4 Å². The number of rotatable bonds is 5. The number of hydrogen-bond acceptors (Lipinski definition) is 5. The number of likely N-dealkylation sites (tertiary alicyclic amines) is 1. The molecular weight excluding hydrogens is 317 g/mol. The van der Waals surface area contributed by atoms with Gasteiger partial charge in [0.15, 0.2) is 0 Å². The van der Waals surface area contributed by atoms with Gasteiger partial charge in [-0.05, 0) is 53.9 Å². The Balaban J connectivity index is 2.72. The van der Waals surface area contributed by atoms with Crippen LogP contribution < -0.4 is 0 Å². The van der Waals surface area contributed by atoms with Gasteiger partial charge in [-0.25, -0.2) is 4.79 Å². The van der Waals surface area contributed by atoms with Crippen LogP contribution in [0.3, 0.4) is 0 Å². The number of amides is 1. The summed E-state index contributed by atoms with van der Waals surface area (Å²) in [6.07, 6.45) is 1.95. The van der Waals surface area contributed by atoms with Gasteiger partial charge in [-0.3, -0.25) is 4.57 Å². The van der Waals surface area contributed by atoms with E-state index in [-0.39, 0.29) is 6.09 Å². The largest absolute Gasteiger partial charge is 0.444 e. The van der Waals surface area contributed by atoms with E-state index in [1.807, 2.05) is 20.8 Å². The Morgan fingerprint density at radius 1 is 1.17 bits per heavy atom. The summed E-state index contributed by atoms with van der Waals surface area (Å²) in [6.45, 7) is 11.0. The summed E-state index contributed by atoms with van der Waals surface area (Å²) in [5, 5.41) is 0. The molecule has 134 valence electrons. The molecule has 0 bridgehead atoms. The first-order valence-electron chi connectivity index (χ1n) is 8.26. The standard InChI is InChI=1S/C16H30NO5P/c1-6-20-23(19,21-7-2)13-14-9-8-11-17(12-10-14)15(18)22-16(3,4)5/h13H,6-12H2,1-5H3. The van der Waals surface area contributed by atoms with Gasteiger partial charge in [-0.2, -0.15) is 0 Å². The molecule has 1 aliphatic rings. The second-order valence-corrected chi connectivity index (χ2v) is 8.34. The minimum atomic E-state index is -3.18. The first kappa shape index (κ1) is 20.2. The zero-order valence-corrected chi connectivity index (χ0v) is 15.9. The fourth-order valence-corrected chi connectivity index (χ4v) is 3.99. The van der Waals surface area contributed by atoms with Crippen molar-refractivity contribution in [2.75, 3.05) is 26.3 Å². The molecule has 0 saturated carbocycles. The van der Waals surface area contributed by atoms with E-state index >= 15 is 0 Å². The van der Waals surface area contributed by atoms with Gasteiger partial charge in [0.1, 0.15) is 5.60 Å². The highest BCUT2D eigenvalue weighted by Gasteiger charge is 2.26. The Bertz CT molecular complexity index is 460. The Morgan fingerprint density at radius 3 is 2.30 bits per heavy atom. The smallest absolute Gasteiger partial charge is 0.410 e. The lowest BCUT2D eigenvalue weighted by Gasteiger charge is -2.26. The molecule has 1 amide bonds. The van der Waals surface area contributed by atoms with Gasteiger partial charge in [0.05, 0.1) is 13.2 Å². The van der Waals surface area contributed by atoms with Gasteiger partial charge in [-0.1, -0.05) is 5.57 Å². The fraction of sp³-hybridized carbons (Fsp3) is 0.812. The summed E-state index contributed by atoms with van der Waals surface area (Å²) in [6, 6.07) is 0. The quantitative estimate of drug-likeness (QED) is 0.682. The van der Waals surface area contributed by atoms with Crippen LogP contribution in [0.25, 0.3) is 0 Å². The third-order valence-corrected chi connectivity index (χ3v) is 5.16. The first-order chi connectivity index (χ1) is 10.7. The van der Waals surface area contributed by atoms with Gasteiger partial charge >= 0.3 is 13.7 Å². The van der Waals surface area contributed by atoms with E-state index in [0.29, 0.717) is 32.7 Å². The molecule has 0 spiro atoms. The van der Waals surface area contributed by atoms with E-state index in [2.05, 4.69) is 0 Å². The molecule has 1 heterocycles. The molecule has 0 aliphatic carbocycles. The maximum Gasteiger partial charge on any atom is 0.410 e. The zero-order chi connectivity index (χ0) is 17.5. The van der Waals surface area contributed by atoms with Crippen molar-refractivity contribution < 1.29 is 23.1 Å². The van der Waals surface area contributed by atoms with Crippen molar-refractivity contribution in [3.8, 4) is 0 Å². The maximum atomic E-state index is 12.6. The lowest BCUT2D eigenvalue weighted by Crippen LogP contribution is -2.37. The molecule has 0 N–H and O–H groups in total. The second kappa shape index (κ2) is 8.86. The molecule has 6 nitrogen and oxygen atoms in total. The average molecular weight is 347 g/mol. The minimum absolute atomic E-state index is 0.295. The Labute approximate surface area is 139 Å². The van der Waals surface area contributed by atoms with Gasteiger partial charge in [0.25, 0.3) is 0 Å². The normalized spacial score (nSPS) is 18.8. The summed E-state index contributed by atoms with van der Waals surface area (Å²) < 4.78 is 28.6. The van der Waals surface area contributed by atoms with Gasteiger partial charge < -0.3 is 18.7 Å². The van der Waals surface area contributed by atoms with Crippen molar-refractivity contribution in [1.29, 1.82) is 0 Å². The second-order valence-electron chi connectivity index (χ2n) is 6.48. The molecule has 0 atom stereocenters. The minimum Gasteiger partial charge on any atom is -0.444 e. The summed E-state index contributed by atoms with van der Waals surface area (Å²) in [4.78, 5) is 13.9. The van der Waals surface area contributed by atoms with Gasteiger partial charge in [-0.15, -0.1) is 0 Å². The molecule has 1 aliphatic heterocycles. The molecule has 1 fully saturated rings. The highest BCUT2D eigenvalue weighted by molar-refractivity contribution is 7.57. The lowest BCUT2D eigenvalue weighted by molar-refractivity contribution is 0.0258. The molecule has 0 aromatic rings. The number of nitrogens with zero attached hydrogens (tertiary/aromatic N) is 1. The Morgan fingerprint density at radius 2 is 1.78 bits per heavy atom. The van der Waals surface area contributed by atoms with Gasteiger partial charge in [0, 0.05) is 18.9 Å². The van der Waals surface area contributed by atoms with Crippen LogP contribution in [0.1, 0.15) is 53.9 Å². The number of hydrogen-bond donors (Lipinski definition) is 0. The molecule has 1 saturated heterocycles. The zero-order valence-electron chi connectivity index (χ0n) is 15.0. The van der Waals surface area contributed by atoms with E-state index < -0.39 is 13.2 Å². The third kappa shape index (κ3) is 7.51. The average Bonchev–Trinajstić information content (AvgIpc) is 2.62. The van der Waals surface area contributed by atoms with E-state index in [0.717, 1.165) is 18.4 Å². The lowest BCUT2D eigenvalue weighted by atomic mass is 10.1. The van der Waals surface area contributed by atoms with Crippen LogP contribution in [0.4, 0.5) is 4.79 Å². The van der Waals surface area contributed by atoms with Gasteiger partial charge in [0.2, 0.25) is 0 Å². The van der Waals surface area contributed by atoms with Crippen LogP contribution in [0.2, 0.25) is 0 Å². The number of carbonyl (C=O) groups excluding carboxylic acids is 1. The van der Waals surface area contributed by atoms with Crippen molar-refractivity contribution >= 4 is 13.7 Å². The fourth-order valence-electron chi connectivity index (χ4n) is 2.35. The van der Waals surface area contributed by atoms with Crippen LogP contribution in [0, 0.1) is 0 Å². The van der Waals surface area contributed by atoms with Crippen molar-refractivity contribution in [2.45, 2.75) is 59.5 Å². The summed E-state index contributed by atoms with van der Waals surface area (Å²) in [7, 11) is -3.18. The van der Waals surface area contributed by atoms with Crippen molar-refractivity contribution in [3.63, 3.8) is 0 Å². The SMILES string of the molecule is CCOP(=O)(C=C1CCCN(C(=O)OC(C)(C)C)CC1)OCC. The van der Waals surface area contributed by atoms with Crippen molar-refractivity contribution in [1.82, 2.24) is 4.90 Å². The third-order valence-electron chi connectivity index (χ3n) is 3.24. The van der Waals surface area contributed by atoms with E-state index in [1.165, 1.54) is 0 Å². The highest BCUT2D eigenvalue weighted by Crippen LogP contribution is 2.51. The van der Waals surface area contributed by atoms with E-state index in [9.17, 15) is 9.36 Å². The molecule has 7 heteroatoms. The number of carbonyl (C=O) groups is 1. The molecule has 0 radical (unpaired) electrons.